The molecule has 3 atom stereocenters. The summed E-state index contributed by atoms with van der Waals surface area (Å²) in [4.78, 5) is 12.0. The largest absolute Gasteiger partial charge is 0.466 e. The van der Waals surface area contributed by atoms with Gasteiger partial charge in [0.05, 0.1) is 25.2 Å². The van der Waals surface area contributed by atoms with Crippen LogP contribution in [-0.4, -0.2) is 42.7 Å². The van der Waals surface area contributed by atoms with Crippen molar-refractivity contribution in [1.29, 1.82) is 0 Å². The number of aliphatic hydroxyl groups excluding tert-OH is 1. The summed E-state index contributed by atoms with van der Waals surface area (Å²) in [5.41, 5.74) is 0. The maximum absolute atomic E-state index is 12.7. The molecular formula is C14H29O5P. The number of esters is 1. The molecule has 0 fully saturated rings. The highest BCUT2D eigenvalue weighted by Gasteiger charge is 2.37. The second-order valence-electron chi connectivity index (χ2n) is 5.23. The Morgan fingerprint density at radius 2 is 1.80 bits per heavy atom. The lowest BCUT2D eigenvalue weighted by Gasteiger charge is -2.27. The third-order valence-corrected chi connectivity index (χ3v) is 5.90. The molecule has 0 aliphatic rings. The molecular weight excluding hydrogens is 279 g/mol. The van der Waals surface area contributed by atoms with Crippen LogP contribution in [0.15, 0.2) is 0 Å². The highest BCUT2D eigenvalue weighted by molar-refractivity contribution is 7.59. The molecule has 3 unspecified atom stereocenters. The summed E-state index contributed by atoms with van der Waals surface area (Å²) in [5.74, 6) is -1.40. The van der Waals surface area contributed by atoms with Gasteiger partial charge in [-0.3, -0.25) is 9.36 Å². The molecule has 0 amide bonds. The molecule has 0 rings (SSSR count). The Morgan fingerprint density at radius 1 is 1.20 bits per heavy atom. The molecule has 120 valence electrons. The van der Waals surface area contributed by atoms with Crippen LogP contribution in [0.25, 0.3) is 0 Å². The Kier molecular flexibility index (Phi) is 9.36. The van der Waals surface area contributed by atoms with Crippen LogP contribution in [-0.2, 0) is 18.6 Å². The van der Waals surface area contributed by atoms with E-state index in [0.717, 1.165) is 0 Å². The molecule has 0 bridgehead atoms. The molecule has 5 nitrogen and oxygen atoms in total. The van der Waals surface area contributed by atoms with Crippen LogP contribution in [0.1, 0.15) is 41.0 Å². The first kappa shape index (κ1) is 19.6. The molecule has 0 aliphatic heterocycles. The summed E-state index contributed by atoms with van der Waals surface area (Å²) in [6.07, 6.45) is 0.304. The maximum atomic E-state index is 12.7. The Labute approximate surface area is 122 Å². The standard InChI is InChI=1S/C14H29O5P/c1-6-9-20(17,19-8-3)10-12(13(15)11(4)5)14(16)18-7-2/h11-13,15H,6-10H2,1-5H3. The normalized spacial score (nSPS) is 17.6. The van der Waals surface area contributed by atoms with Crippen molar-refractivity contribution in [2.45, 2.75) is 47.1 Å². The van der Waals surface area contributed by atoms with E-state index >= 15 is 0 Å². The summed E-state index contributed by atoms with van der Waals surface area (Å²) in [6, 6.07) is 0. The smallest absolute Gasteiger partial charge is 0.312 e. The van der Waals surface area contributed by atoms with Crippen LogP contribution in [0.2, 0.25) is 0 Å². The third kappa shape index (κ3) is 6.38. The molecule has 1 N–H and O–H groups in total. The van der Waals surface area contributed by atoms with Gasteiger partial charge in [-0.2, -0.15) is 0 Å². The van der Waals surface area contributed by atoms with E-state index in [4.69, 9.17) is 9.26 Å². The first-order valence-electron chi connectivity index (χ1n) is 7.38. The maximum Gasteiger partial charge on any atom is 0.312 e. The van der Waals surface area contributed by atoms with Crippen molar-refractivity contribution in [3.8, 4) is 0 Å². The van der Waals surface area contributed by atoms with Gasteiger partial charge in [0, 0.05) is 12.3 Å². The topological polar surface area (TPSA) is 72.8 Å². The zero-order valence-electron chi connectivity index (χ0n) is 13.3. The second-order valence-corrected chi connectivity index (χ2v) is 7.93. The fraction of sp³-hybridized carbons (Fsp3) is 0.929. The van der Waals surface area contributed by atoms with Gasteiger partial charge < -0.3 is 14.4 Å². The molecule has 0 heterocycles. The van der Waals surface area contributed by atoms with Crippen molar-refractivity contribution in [2.75, 3.05) is 25.5 Å². The molecule has 0 aromatic heterocycles. The Bertz CT molecular complexity index is 320. The van der Waals surface area contributed by atoms with Gasteiger partial charge in [-0.25, -0.2) is 0 Å². The van der Waals surface area contributed by atoms with E-state index < -0.39 is 25.4 Å². The lowest BCUT2D eigenvalue weighted by atomic mass is 9.95. The molecule has 0 saturated carbocycles. The molecule has 0 radical (unpaired) electrons. The van der Waals surface area contributed by atoms with Gasteiger partial charge in [-0.1, -0.05) is 20.8 Å². The summed E-state index contributed by atoms with van der Waals surface area (Å²) >= 11 is 0. The number of ether oxygens (including phenoxy) is 1. The van der Waals surface area contributed by atoms with E-state index in [9.17, 15) is 14.5 Å². The molecule has 6 heteroatoms. The van der Waals surface area contributed by atoms with E-state index in [1.54, 1.807) is 13.8 Å². The predicted octanol–water partition coefficient (Wildman–Crippen LogP) is 2.91. The zero-order chi connectivity index (χ0) is 15.8. The van der Waals surface area contributed by atoms with Crippen molar-refractivity contribution in [3.05, 3.63) is 0 Å². The first-order valence-corrected chi connectivity index (χ1v) is 9.38. The summed E-state index contributed by atoms with van der Waals surface area (Å²) in [6.45, 7) is 9.64. The Hall–Kier alpha value is -0.380. The molecule has 0 spiro atoms. The van der Waals surface area contributed by atoms with Crippen LogP contribution in [0, 0.1) is 11.8 Å². The first-order chi connectivity index (χ1) is 9.31. The summed E-state index contributed by atoms with van der Waals surface area (Å²) in [7, 11) is -2.91. The average Bonchev–Trinajstić information content (AvgIpc) is 2.36. The number of hydrogen-bond donors (Lipinski definition) is 1. The van der Waals surface area contributed by atoms with Gasteiger partial charge >= 0.3 is 5.97 Å². The van der Waals surface area contributed by atoms with Crippen LogP contribution in [0.3, 0.4) is 0 Å². The van der Waals surface area contributed by atoms with Crippen LogP contribution >= 0.6 is 7.37 Å². The fourth-order valence-corrected chi connectivity index (χ4v) is 4.65. The molecule has 20 heavy (non-hydrogen) atoms. The predicted molar refractivity (Wildman–Crippen MR) is 80.2 cm³/mol. The zero-order valence-corrected chi connectivity index (χ0v) is 14.2. The fourth-order valence-electron chi connectivity index (χ4n) is 2.12. The number of aliphatic hydroxyl groups is 1. The average molecular weight is 308 g/mol. The lowest BCUT2D eigenvalue weighted by Crippen LogP contribution is -2.36. The van der Waals surface area contributed by atoms with E-state index in [2.05, 4.69) is 0 Å². The highest BCUT2D eigenvalue weighted by Crippen LogP contribution is 2.49. The Balaban J connectivity index is 5.11. The van der Waals surface area contributed by atoms with Crippen LogP contribution < -0.4 is 0 Å². The quantitative estimate of drug-likeness (QED) is 0.496. The van der Waals surface area contributed by atoms with E-state index in [1.165, 1.54) is 0 Å². The second kappa shape index (κ2) is 9.54. The molecule has 0 aromatic rings. The molecule has 0 aliphatic carbocycles. The number of hydrogen-bond acceptors (Lipinski definition) is 5. The number of rotatable bonds is 10. The van der Waals surface area contributed by atoms with Crippen LogP contribution in [0.4, 0.5) is 0 Å². The van der Waals surface area contributed by atoms with Crippen LogP contribution in [0.5, 0.6) is 0 Å². The van der Waals surface area contributed by atoms with Gasteiger partial charge in [-0.05, 0) is 26.2 Å². The van der Waals surface area contributed by atoms with Gasteiger partial charge in [0.25, 0.3) is 0 Å². The minimum atomic E-state index is -2.91. The lowest BCUT2D eigenvalue weighted by molar-refractivity contribution is -0.152. The van der Waals surface area contributed by atoms with Gasteiger partial charge in [0.1, 0.15) is 0 Å². The minimum Gasteiger partial charge on any atom is -0.466 e. The van der Waals surface area contributed by atoms with Crippen molar-refractivity contribution < 1.29 is 23.7 Å². The van der Waals surface area contributed by atoms with E-state index in [0.29, 0.717) is 19.2 Å². The third-order valence-electron chi connectivity index (χ3n) is 3.09. The minimum absolute atomic E-state index is 0.0485. The van der Waals surface area contributed by atoms with Gasteiger partial charge in [0.2, 0.25) is 7.37 Å². The molecule has 0 saturated heterocycles. The van der Waals surface area contributed by atoms with Crippen molar-refractivity contribution in [2.24, 2.45) is 11.8 Å². The van der Waals surface area contributed by atoms with Crippen molar-refractivity contribution >= 4 is 13.3 Å². The molecule has 0 aromatic carbocycles. The Morgan fingerprint density at radius 3 is 2.20 bits per heavy atom. The summed E-state index contributed by atoms with van der Waals surface area (Å²) in [5, 5.41) is 10.2. The highest BCUT2D eigenvalue weighted by atomic mass is 31.2. The van der Waals surface area contributed by atoms with E-state index in [1.807, 2.05) is 20.8 Å². The van der Waals surface area contributed by atoms with Crippen molar-refractivity contribution in [3.63, 3.8) is 0 Å². The SMILES string of the molecule is CCCP(=O)(CC(C(=O)OCC)C(O)C(C)C)OCC. The van der Waals surface area contributed by atoms with Gasteiger partial charge in [-0.15, -0.1) is 0 Å². The van der Waals surface area contributed by atoms with E-state index in [-0.39, 0.29) is 18.7 Å². The summed E-state index contributed by atoms with van der Waals surface area (Å²) < 4.78 is 23.1. The number of carbonyl (C=O) groups excluding carboxylic acids is 1. The monoisotopic (exact) mass is 308 g/mol. The van der Waals surface area contributed by atoms with Crippen molar-refractivity contribution in [1.82, 2.24) is 0 Å². The number of carbonyl (C=O) groups is 1. The van der Waals surface area contributed by atoms with Gasteiger partial charge in [0.15, 0.2) is 0 Å².